The molecule has 0 atom stereocenters. The summed E-state index contributed by atoms with van der Waals surface area (Å²) >= 11 is 15.6. The molecule has 2 aromatic rings. The van der Waals surface area contributed by atoms with Crippen LogP contribution in [0.1, 0.15) is 11.1 Å². The highest BCUT2D eigenvalue weighted by molar-refractivity contribution is 9.10. The maximum atomic E-state index is 6.10. The summed E-state index contributed by atoms with van der Waals surface area (Å²) in [5.74, 6) is 0.738. The third-order valence-corrected chi connectivity index (χ3v) is 3.88. The summed E-state index contributed by atoms with van der Waals surface area (Å²) in [4.78, 5) is 0. The van der Waals surface area contributed by atoms with Crippen LogP contribution < -0.4 is 10.5 Å². The highest BCUT2D eigenvalue weighted by Crippen LogP contribution is 2.28. The minimum atomic E-state index is 0.313. The molecule has 0 aliphatic heterocycles. The molecular weight excluding hydrogens is 349 g/mol. The third kappa shape index (κ3) is 3.63. The van der Waals surface area contributed by atoms with Gasteiger partial charge in [-0.2, -0.15) is 0 Å². The fraction of sp³-hybridized carbons (Fsp3) is 0.143. The first kappa shape index (κ1) is 14.7. The molecule has 0 saturated heterocycles. The number of nitrogens with two attached hydrogens (primary N) is 1. The Labute approximate surface area is 130 Å². The van der Waals surface area contributed by atoms with Crippen LogP contribution in [0, 0.1) is 0 Å². The summed E-state index contributed by atoms with van der Waals surface area (Å²) in [6.07, 6.45) is 0. The van der Waals surface area contributed by atoms with Crippen molar-refractivity contribution in [2.75, 3.05) is 0 Å². The van der Waals surface area contributed by atoms with E-state index in [1.165, 1.54) is 0 Å². The third-order valence-electron chi connectivity index (χ3n) is 2.68. The van der Waals surface area contributed by atoms with Crippen molar-refractivity contribution in [3.63, 3.8) is 0 Å². The Morgan fingerprint density at radius 3 is 2.42 bits per heavy atom. The fourth-order valence-corrected chi connectivity index (χ4v) is 2.58. The van der Waals surface area contributed by atoms with Crippen LogP contribution in [-0.4, -0.2) is 0 Å². The first-order valence-corrected chi connectivity index (χ1v) is 7.21. The number of hydrogen-bond acceptors (Lipinski definition) is 2. The Morgan fingerprint density at radius 2 is 1.79 bits per heavy atom. The second-order valence-corrected chi connectivity index (χ2v) is 5.68. The Morgan fingerprint density at radius 1 is 1.11 bits per heavy atom. The van der Waals surface area contributed by atoms with Crippen LogP contribution in [0.15, 0.2) is 40.9 Å². The maximum Gasteiger partial charge on any atom is 0.124 e. The van der Waals surface area contributed by atoms with Crippen LogP contribution >= 0.6 is 39.1 Å². The van der Waals surface area contributed by atoms with Crippen molar-refractivity contribution >= 4 is 39.1 Å². The van der Waals surface area contributed by atoms with E-state index in [1.54, 1.807) is 18.2 Å². The number of halogens is 3. The summed E-state index contributed by atoms with van der Waals surface area (Å²) in [7, 11) is 0. The normalized spacial score (nSPS) is 10.5. The van der Waals surface area contributed by atoms with Gasteiger partial charge in [0, 0.05) is 32.2 Å². The van der Waals surface area contributed by atoms with Crippen molar-refractivity contribution in [3.05, 3.63) is 62.0 Å². The van der Waals surface area contributed by atoms with E-state index in [4.69, 9.17) is 33.7 Å². The van der Waals surface area contributed by atoms with Gasteiger partial charge in [0.05, 0.1) is 0 Å². The molecular formula is C14H12BrCl2NO. The highest BCUT2D eigenvalue weighted by Gasteiger charge is 2.08. The van der Waals surface area contributed by atoms with Crippen LogP contribution in [0.4, 0.5) is 0 Å². The molecule has 0 aromatic heterocycles. The molecule has 0 aliphatic carbocycles. The van der Waals surface area contributed by atoms with Crippen molar-refractivity contribution in [3.8, 4) is 5.75 Å². The van der Waals surface area contributed by atoms with E-state index in [9.17, 15) is 0 Å². The minimum Gasteiger partial charge on any atom is -0.488 e. The van der Waals surface area contributed by atoms with Gasteiger partial charge in [0.2, 0.25) is 0 Å². The molecule has 0 saturated carbocycles. The van der Waals surface area contributed by atoms with Gasteiger partial charge >= 0.3 is 0 Å². The van der Waals surface area contributed by atoms with Crippen molar-refractivity contribution in [2.45, 2.75) is 13.2 Å². The molecule has 2 nitrogen and oxygen atoms in total. The predicted octanol–water partition coefficient (Wildman–Crippen LogP) is 4.79. The van der Waals surface area contributed by atoms with E-state index in [0.717, 1.165) is 21.3 Å². The second kappa shape index (κ2) is 6.62. The van der Waals surface area contributed by atoms with Gasteiger partial charge in [-0.15, -0.1) is 0 Å². The lowest BCUT2D eigenvalue weighted by Gasteiger charge is -2.12. The summed E-state index contributed by atoms with van der Waals surface area (Å²) < 4.78 is 6.73. The highest BCUT2D eigenvalue weighted by atomic mass is 79.9. The fourth-order valence-electron chi connectivity index (χ4n) is 1.67. The molecule has 5 heteroatoms. The molecule has 0 unspecified atom stereocenters. The van der Waals surface area contributed by atoms with Gasteiger partial charge in [0.15, 0.2) is 0 Å². The monoisotopic (exact) mass is 359 g/mol. The second-order valence-electron chi connectivity index (χ2n) is 3.95. The lowest BCUT2D eigenvalue weighted by atomic mass is 10.2. The van der Waals surface area contributed by atoms with Gasteiger partial charge in [0.1, 0.15) is 12.4 Å². The maximum absolute atomic E-state index is 6.10. The van der Waals surface area contributed by atoms with E-state index in [-0.39, 0.29) is 0 Å². The molecule has 0 aliphatic rings. The molecule has 0 radical (unpaired) electrons. The van der Waals surface area contributed by atoms with Crippen LogP contribution in [-0.2, 0) is 13.2 Å². The molecule has 2 aromatic carbocycles. The van der Waals surface area contributed by atoms with Crippen LogP contribution in [0.3, 0.4) is 0 Å². The van der Waals surface area contributed by atoms with Crippen LogP contribution in [0.25, 0.3) is 0 Å². The molecule has 0 spiro atoms. The van der Waals surface area contributed by atoms with Gasteiger partial charge in [-0.05, 0) is 30.3 Å². The molecule has 2 rings (SSSR count). The molecule has 2 N–H and O–H groups in total. The zero-order chi connectivity index (χ0) is 13.8. The van der Waals surface area contributed by atoms with Gasteiger partial charge in [-0.1, -0.05) is 45.2 Å². The van der Waals surface area contributed by atoms with E-state index in [2.05, 4.69) is 15.9 Å². The summed E-state index contributed by atoms with van der Waals surface area (Å²) in [6.45, 7) is 0.720. The SMILES string of the molecule is NCc1cc(Br)ccc1OCc1c(Cl)cccc1Cl. The zero-order valence-electron chi connectivity index (χ0n) is 10.00. The summed E-state index contributed by atoms with van der Waals surface area (Å²) in [5.41, 5.74) is 7.40. The Kier molecular flexibility index (Phi) is 5.11. The first-order chi connectivity index (χ1) is 9.11. The average molecular weight is 361 g/mol. The largest absolute Gasteiger partial charge is 0.488 e. The molecule has 19 heavy (non-hydrogen) atoms. The van der Waals surface area contributed by atoms with Crippen LogP contribution in [0.5, 0.6) is 5.75 Å². The average Bonchev–Trinajstić information content (AvgIpc) is 2.39. The topological polar surface area (TPSA) is 35.2 Å². The van der Waals surface area contributed by atoms with Gasteiger partial charge in [0.25, 0.3) is 0 Å². The Bertz CT molecular complexity index is 569. The molecule has 0 bridgehead atoms. The Balaban J connectivity index is 2.19. The van der Waals surface area contributed by atoms with E-state index in [1.807, 2.05) is 18.2 Å². The van der Waals surface area contributed by atoms with Crippen molar-refractivity contribution in [1.29, 1.82) is 0 Å². The molecule has 0 fully saturated rings. The molecule has 0 heterocycles. The number of hydrogen-bond donors (Lipinski definition) is 1. The van der Waals surface area contributed by atoms with Gasteiger partial charge in [-0.25, -0.2) is 0 Å². The first-order valence-electron chi connectivity index (χ1n) is 5.66. The summed E-state index contributed by atoms with van der Waals surface area (Å²) in [5, 5.41) is 1.19. The van der Waals surface area contributed by atoms with Gasteiger partial charge < -0.3 is 10.5 Å². The predicted molar refractivity (Wildman–Crippen MR) is 82.8 cm³/mol. The van der Waals surface area contributed by atoms with Crippen molar-refractivity contribution in [2.24, 2.45) is 5.73 Å². The lowest BCUT2D eigenvalue weighted by molar-refractivity contribution is 0.303. The van der Waals surface area contributed by atoms with E-state index in [0.29, 0.717) is 23.2 Å². The van der Waals surface area contributed by atoms with Crippen LogP contribution in [0.2, 0.25) is 10.0 Å². The van der Waals surface area contributed by atoms with E-state index >= 15 is 0 Å². The van der Waals surface area contributed by atoms with Crippen molar-refractivity contribution in [1.82, 2.24) is 0 Å². The Hall–Kier alpha value is -0.740. The minimum absolute atomic E-state index is 0.313. The van der Waals surface area contributed by atoms with E-state index < -0.39 is 0 Å². The standard InChI is InChI=1S/C14H12BrCl2NO/c15-10-4-5-14(9(6-10)7-18)19-8-11-12(16)2-1-3-13(11)17/h1-6H,7-8,18H2. The molecule has 100 valence electrons. The number of ether oxygens (including phenoxy) is 1. The number of benzene rings is 2. The molecule has 0 amide bonds. The zero-order valence-corrected chi connectivity index (χ0v) is 13.1. The van der Waals surface area contributed by atoms with Gasteiger partial charge in [-0.3, -0.25) is 0 Å². The lowest BCUT2D eigenvalue weighted by Crippen LogP contribution is -2.03. The number of rotatable bonds is 4. The smallest absolute Gasteiger partial charge is 0.124 e. The van der Waals surface area contributed by atoms with Crippen molar-refractivity contribution < 1.29 is 4.74 Å². The summed E-state index contributed by atoms with van der Waals surface area (Å²) in [6, 6.07) is 11.1. The quantitative estimate of drug-likeness (QED) is 0.850.